The Morgan fingerprint density at radius 3 is 2.61 bits per heavy atom. The highest BCUT2D eigenvalue weighted by molar-refractivity contribution is 5.60. The number of anilines is 1. The van der Waals surface area contributed by atoms with Crippen molar-refractivity contribution in [2.24, 2.45) is 0 Å². The number of pyridine rings is 1. The van der Waals surface area contributed by atoms with Crippen LogP contribution in [0.5, 0.6) is 11.5 Å². The molecular formula is C21H22N4O3. The molecule has 0 atom stereocenters. The molecule has 2 aromatic heterocycles. The highest BCUT2D eigenvalue weighted by Gasteiger charge is 2.23. The number of hydrogen-bond acceptors (Lipinski definition) is 6. The highest BCUT2D eigenvalue weighted by Crippen LogP contribution is 2.26. The van der Waals surface area contributed by atoms with Gasteiger partial charge in [-0.3, -0.25) is 14.3 Å². The monoisotopic (exact) mass is 378 g/mol. The van der Waals surface area contributed by atoms with Crippen molar-refractivity contribution in [3.05, 3.63) is 64.7 Å². The fraction of sp³-hybridized carbons (Fsp3) is 0.286. The first-order valence-electron chi connectivity index (χ1n) is 9.17. The van der Waals surface area contributed by atoms with Crippen LogP contribution in [0.15, 0.2) is 53.6 Å². The van der Waals surface area contributed by atoms with E-state index in [-0.39, 0.29) is 5.56 Å². The normalized spacial score (nSPS) is 12.7. The van der Waals surface area contributed by atoms with Gasteiger partial charge in [-0.25, -0.2) is 4.98 Å². The van der Waals surface area contributed by atoms with Crippen molar-refractivity contribution in [3.8, 4) is 22.8 Å². The van der Waals surface area contributed by atoms with Gasteiger partial charge in [-0.15, -0.1) is 0 Å². The minimum atomic E-state index is -0.0294. The molecule has 0 fully saturated rings. The van der Waals surface area contributed by atoms with E-state index in [1.54, 1.807) is 37.2 Å². The third-order valence-corrected chi connectivity index (χ3v) is 4.98. The number of rotatable bonds is 6. The molecule has 1 aromatic carbocycles. The second-order valence-corrected chi connectivity index (χ2v) is 6.58. The summed E-state index contributed by atoms with van der Waals surface area (Å²) in [6.07, 6.45) is 4.17. The number of nitrogens with zero attached hydrogens (tertiary/aromatic N) is 4. The minimum absolute atomic E-state index is 0.0294. The third-order valence-electron chi connectivity index (χ3n) is 4.98. The maximum absolute atomic E-state index is 12.6. The lowest BCUT2D eigenvalue weighted by atomic mass is 10.1. The molecule has 0 saturated heterocycles. The summed E-state index contributed by atoms with van der Waals surface area (Å²) in [5, 5.41) is 0. The summed E-state index contributed by atoms with van der Waals surface area (Å²) < 4.78 is 12.5. The summed E-state index contributed by atoms with van der Waals surface area (Å²) in [4.78, 5) is 23.5. The third kappa shape index (κ3) is 3.43. The maximum atomic E-state index is 12.6. The van der Waals surface area contributed by atoms with Crippen molar-refractivity contribution in [2.45, 2.75) is 13.0 Å². The predicted octanol–water partition coefficient (Wildman–Crippen LogP) is 2.39. The molecule has 7 heteroatoms. The Labute approximate surface area is 163 Å². The Bertz CT molecular complexity index is 1030. The lowest BCUT2D eigenvalue weighted by Gasteiger charge is -2.19. The summed E-state index contributed by atoms with van der Waals surface area (Å²) >= 11 is 0. The van der Waals surface area contributed by atoms with Crippen LogP contribution in [-0.4, -0.2) is 41.8 Å². The molecule has 0 amide bonds. The van der Waals surface area contributed by atoms with Crippen molar-refractivity contribution in [2.75, 3.05) is 32.2 Å². The van der Waals surface area contributed by atoms with Crippen LogP contribution >= 0.6 is 0 Å². The van der Waals surface area contributed by atoms with Crippen LogP contribution in [0.4, 0.5) is 5.95 Å². The first-order chi connectivity index (χ1) is 13.7. The van der Waals surface area contributed by atoms with Crippen LogP contribution < -0.4 is 19.9 Å². The Kier molecular flexibility index (Phi) is 4.97. The average molecular weight is 378 g/mol. The molecule has 1 aliphatic heterocycles. The number of ether oxygens (including phenoxy) is 2. The zero-order chi connectivity index (χ0) is 19.5. The molecule has 0 unspecified atom stereocenters. The van der Waals surface area contributed by atoms with E-state index in [2.05, 4.69) is 9.88 Å². The molecule has 0 bridgehead atoms. The van der Waals surface area contributed by atoms with Crippen molar-refractivity contribution < 1.29 is 9.47 Å². The van der Waals surface area contributed by atoms with Gasteiger partial charge in [0.15, 0.2) is 0 Å². The van der Waals surface area contributed by atoms with E-state index >= 15 is 0 Å². The Morgan fingerprint density at radius 2 is 1.86 bits per heavy atom. The van der Waals surface area contributed by atoms with Crippen molar-refractivity contribution >= 4 is 5.95 Å². The van der Waals surface area contributed by atoms with Gasteiger partial charge in [0.05, 0.1) is 19.9 Å². The number of hydrogen-bond donors (Lipinski definition) is 0. The molecule has 28 heavy (non-hydrogen) atoms. The molecule has 0 radical (unpaired) electrons. The summed E-state index contributed by atoms with van der Waals surface area (Å²) in [6, 6.07) is 11.1. The van der Waals surface area contributed by atoms with Crippen molar-refractivity contribution in [1.29, 1.82) is 0 Å². The first kappa shape index (κ1) is 18.0. The van der Waals surface area contributed by atoms with Gasteiger partial charge in [0.2, 0.25) is 5.95 Å². The van der Waals surface area contributed by atoms with Gasteiger partial charge in [0.1, 0.15) is 11.5 Å². The van der Waals surface area contributed by atoms with Crippen LogP contribution in [0.2, 0.25) is 0 Å². The van der Waals surface area contributed by atoms with E-state index in [0.717, 1.165) is 42.1 Å². The van der Waals surface area contributed by atoms with E-state index in [0.29, 0.717) is 18.2 Å². The molecule has 4 rings (SSSR count). The van der Waals surface area contributed by atoms with E-state index in [1.165, 1.54) is 0 Å². The lowest BCUT2D eigenvalue weighted by molar-refractivity contribution is 0.398. The second-order valence-electron chi connectivity index (χ2n) is 6.58. The molecule has 144 valence electrons. The Hall–Kier alpha value is -3.35. The molecule has 0 saturated carbocycles. The topological polar surface area (TPSA) is 69.5 Å². The number of benzene rings is 1. The number of aromatic nitrogens is 3. The average Bonchev–Trinajstić information content (AvgIpc) is 3.16. The highest BCUT2D eigenvalue weighted by atomic mass is 16.5. The van der Waals surface area contributed by atoms with Crippen LogP contribution in [-0.2, 0) is 13.0 Å². The van der Waals surface area contributed by atoms with Crippen LogP contribution in [0.25, 0.3) is 11.3 Å². The zero-order valence-corrected chi connectivity index (χ0v) is 16.0. The maximum Gasteiger partial charge on any atom is 0.255 e. The van der Waals surface area contributed by atoms with Gasteiger partial charge in [0.25, 0.3) is 5.56 Å². The van der Waals surface area contributed by atoms with Gasteiger partial charge >= 0.3 is 0 Å². The molecule has 3 heterocycles. The molecule has 7 nitrogen and oxygen atoms in total. The largest absolute Gasteiger partial charge is 0.497 e. The first-order valence-corrected chi connectivity index (χ1v) is 9.17. The van der Waals surface area contributed by atoms with Gasteiger partial charge in [-0.2, -0.15) is 0 Å². The van der Waals surface area contributed by atoms with Gasteiger partial charge in [-0.05, 0) is 42.3 Å². The fourth-order valence-electron chi connectivity index (χ4n) is 3.48. The number of fused-ring (bicyclic) bond motifs is 1. The van der Waals surface area contributed by atoms with Gasteiger partial charge in [0, 0.05) is 43.7 Å². The van der Waals surface area contributed by atoms with Gasteiger partial charge < -0.3 is 14.4 Å². The van der Waals surface area contributed by atoms with E-state index in [1.807, 2.05) is 30.3 Å². The molecule has 3 aromatic rings. The predicted molar refractivity (Wildman–Crippen MR) is 107 cm³/mol. The zero-order valence-electron chi connectivity index (χ0n) is 16.0. The standard InChI is InChI=1S/C21H22N4O3/c1-27-17-3-4-19(28-2)16(13-17)7-10-24-11-12-25-20(26)14-18(23-21(24)25)15-5-8-22-9-6-15/h3-6,8-9,13-14H,7,10-12H2,1-2H3. The summed E-state index contributed by atoms with van der Waals surface area (Å²) in [5.74, 6) is 2.34. The number of methoxy groups -OCH3 is 2. The second kappa shape index (κ2) is 7.72. The van der Waals surface area contributed by atoms with E-state index in [4.69, 9.17) is 14.5 Å². The Balaban J connectivity index is 1.60. The fourth-order valence-corrected chi connectivity index (χ4v) is 3.48. The van der Waals surface area contributed by atoms with Crippen molar-refractivity contribution in [1.82, 2.24) is 14.5 Å². The Morgan fingerprint density at radius 1 is 1.04 bits per heavy atom. The van der Waals surface area contributed by atoms with Crippen LogP contribution in [0.1, 0.15) is 5.56 Å². The van der Waals surface area contributed by atoms with Crippen molar-refractivity contribution in [3.63, 3.8) is 0 Å². The summed E-state index contributed by atoms with van der Waals surface area (Å²) in [7, 11) is 3.32. The van der Waals surface area contributed by atoms with Crippen LogP contribution in [0.3, 0.4) is 0 Å². The smallest absolute Gasteiger partial charge is 0.255 e. The lowest BCUT2D eigenvalue weighted by Crippen LogP contribution is -2.25. The van der Waals surface area contributed by atoms with Gasteiger partial charge in [-0.1, -0.05) is 0 Å². The molecule has 0 N–H and O–H groups in total. The molecule has 1 aliphatic rings. The SMILES string of the molecule is COc1ccc(OC)c(CCN2CCn3c2nc(-c2ccncc2)cc3=O)c1. The summed E-state index contributed by atoms with van der Waals surface area (Å²) in [6.45, 7) is 2.14. The van der Waals surface area contributed by atoms with E-state index in [9.17, 15) is 4.79 Å². The molecular weight excluding hydrogens is 356 g/mol. The van der Waals surface area contributed by atoms with E-state index < -0.39 is 0 Å². The quantitative estimate of drug-likeness (QED) is 0.656. The molecule has 0 spiro atoms. The minimum Gasteiger partial charge on any atom is -0.497 e. The molecule has 0 aliphatic carbocycles. The van der Waals surface area contributed by atoms with Crippen LogP contribution in [0, 0.1) is 0 Å². The summed E-state index contributed by atoms with van der Waals surface area (Å²) in [5.41, 5.74) is 2.59.